The summed E-state index contributed by atoms with van der Waals surface area (Å²) in [4.78, 5) is 11.4. The van der Waals surface area contributed by atoms with Gasteiger partial charge in [-0.05, 0) is 34.8 Å². The predicted octanol–water partition coefficient (Wildman–Crippen LogP) is 5.32. The van der Waals surface area contributed by atoms with Crippen molar-refractivity contribution in [1.82, 2.24) is 0 Å². The van der Waals surface area contributed by atoms with E-state index in [1.807, 2.05) is 30.3 Å². The molecule has 0 aliphatic rings. The Morgan fingerprint density at radius 3 is 2.50 bits per heavy atom. The third-order valence-electron chi connectivity index (χ3n) is 3.51. The van der Waals surface area contributed by atoms with E-state index in [9.17, 15) is 4.79 Å². The van der Waals surface area contributed by atoms with Crippen molar-refractivity contribution < 1.29 is 9.53 Å². The van der Waals surface area contributed by atoms with E-state index >= 15 is 0 Å². The third kappa shape index (κ3) is 3.77. The van der Waals surface area contributed by atoms with Gasteiger partial charge in [0.2, 0.25) is 0 Å². The summed E-state index contributed by atoms with van der Waals surface area (Å²) in [7, 11) is 1.37. The van der Waals surface area contributed by atoms with Crippen molar-refractivity contribution in [1.29, 1.82) is 0 Å². The molecule has 0 aromatic heterocycles. The van der Waals surface area contributed by atoms with Crippen LogP contribution in [0.1, 0.15) is 30.9 Å². The van der Waals surface area contributed by atoms with E-state index in [2.05, 4.69) is 30.7 Å². The highest BCUT2D eigenvalue weighted by Crippen LogP contribution is 2.32. The number of carbonyl (C=O) groups excluding carboxylic acids is 1. The molecule has 2 aromatic rings. The lowest BCUT2D eigenvalue weighted by Gasteiger charge is -2.12. The van der Waals surface area contributed by atoms with Gasteiger partial charge in [0.05, 0.1) is 7.11 Å². The van der Waals surface area contributed by atoms with Gasteiger partial charge in [-0.1, -0.05) is 61.8 Å². The Bertz CT molecular complexity index is 702. The number of esters is 1. The minimum Gasteiger partial charge on any atom is -0.466 e. The highest BCUT2D eigenvalue weighted by Gasteiger charge is 2.09. The molecule has 2 nitrogen and oxygen atoms in total. The number of methoxy groups -OCH3 is 1. The van der Waals surface area contributed by atoms with E-state index in [0.29, 0.717) is 10.9 Å². The Balaban J connectivity index is 2.56. The largest absolute Gasteiger partial charge is 0.466 e. The molecule has 0 atom stereocenters. The molecular formula is C19H19ClO2. The van der Waals surface area contributed by atoms with Gasteiger partial charge in [0, 0.05) is 16.7 Å². The zero-order valence-electron chi connectivity index (χ0n) is 13.0. The van der Waals surface area contributed by atoms with Crippen molar-refractivity contribution in [2.24, 2.45) is 0 Å². The molecule has 0 heterocycles. The maximum absolute atomic E-state index is 11.4. The monoisotopic (exact) mass is 314 g/mol. The number of carbonyl (C=O) groups is 1. The van der Waals surface area contributed by atoms with Crippen LogP contribution in [-0.4, -0.2) is 13.1 Å². The van der Waals surface area contributed by atoms with Crippen LogP contribution in [0.25, 0.3) is 17.2 Å². The number of hydrogen-bond donors (Lipinski definition) is 0. The molecule has 2 rings (SSSR count). The van der Waals surface area contributed by atoms with Crippen LogP contribution in [0.3, 0.4) is 0 Å². The van der Waals surface area contributed by atoms with Gasteiger partial charge in [0.15, 0.2) is 0 Å². The molecule has 0 saturated carbocycles. The second-order valence-electron chi connectivity index (χ2n) is 5.34. The highest BCUT2D eigenvalue weighted by atomic mass is 35.5. The van der Waals surface area contributed by atoms with Crippen molar-refractivity contribution >= 4 is 23.6 Å². The lowest BCUT2D eigenvalue weighted by Crippen LogP contribution is -1.95. The molecule has 0 N–H and O–H groups in total. The summed E-state index contributed by atoms with van der Waals surface area (Å²) in [6, 6.07) is 13.9. The van der Waals surface area contributed by atoms with Crippen molar-refractivity contribution in [2.75, 3.05) is 7.11 Å². The van der Waals surface area contributed by atoms with Crippen LogP contribution in [0, 0.1) is 0 Å². The molecule has 0 spiro atoms. The lowest BCUT2D eigenvalue weighted by atomic mass is 9.93. The first-order valence-electron chi connectivity index (χ1n) is 7.17. The number of ether oxygens (including phenoxy) is 1. The topological polar surface area (TPSA) is 26.3 Å². The van der Waals surface area contributed by atoms with Crippen LogP contribution in [0.2, 0.25) is 5.02 Å². The van der Waals surface area contributed by atoms with E-state index in [0.717, 1.165) is 16.7 Å². The Kier molecular flexibility index (Phi) is 5.40. The molecule has 114 valence electrons. The molecule has 0 fully saturated rings. The summed E-state index contributed by atoms with van der Waals surface area (Å²) < 4.78 is 4.67. The van der Waals surface area contributed by atoms with Gasteiger partial charge in [0.25, 0.3) is 0 Å². The summed E-state index contributed by atoms with van der Waals surface area (Å²) in [6.07, 6.45) is 3.20. The van der Waals surface area contributed by atoms with E-state index < -0.39 is 0 Å². The SMILES string of the molecule is COC(=O)/C=C/c1cc(C(C)C)ccc1-c1ccccc1Cl. The van der Waals surface area contributed by atoms with Crippen LogP contribution in [0.15, 0.2) is 48.5 Å². The Labute approximate surface area is 136 Å². The van der Waals surface area contributed by atoms with Crippen LogP contribution in [-0.2, 0) is 9.53 Å². The zero-order valence-corrected chi connectivity index (χ0v) is 13.7. The smallest absolute Gasteiger partial charge is 0.330 e. The fourth-order valence-electron chi connectivity index (χ4n) is 2.23. The van der Waals surface area contributed by atoms with Crippen LogP contribution in [0.5, 0.6) is 0 Å². The lowest BCUT2D eigenvalue weighted by molar-refractivity contribution is -0.134. The highest BCUT2D eigenvalue weighted by molar-refractivity contribution is 6.33. The first kappa shape index (κ1) is 16.3. The second-order valence-corrected chi connectivity index (χ2v) is 5.74. The van der Waals surface area contributed by atoms with Crippen molar-refractivity contribution in [2.45, 2.75) is 19.8 Å². The minimum atomic E-state index is -0.375. The molecule has 2 aromatic carbocycles. The molecule has 0 radical (unpaired) electrons. The summed E-state index contributed by atoms with van der Waals surface area (Å²) in [6.45, 7) is 4.27. The fourth-order valence-corrected chi connectivity index (χ4v) is 2.47. The average molecular weight is 315 g/mol. The minimum absolute atomic E-state index is 0.375. The van der Waals surface area contributed by atoms with Crippen molar-refractivity contribution in [3.63, 3.8) is 0 Å². The molecule has 0 aliphatic heterocycles. The van der Waals surface area contributed by atoms with Gasteiger partial charge in [-0.2, -0.15) is 0 Å². The number of hydrogen-bond acceptors (Lipinski definition) is 2. The van der Waals surface area contributed by atoms with E-state index in [4.69, 9.17) is 11.6 Å². The van der Waals surface area contributed by atoms with Gasteiger partial charge < -0.3 is 4.74 Å². The number of halogens is 1. The van der Waals surface area contributed by atoms with Gasteiger partial charge in [-0.25, -0.2) is 4.79 Å². The third-order valence-corrected chi connectivity index (χ3v) is 3.84. The van der Waals surface area contributed by atoms with Gasteiger partial charge in [-0.15, -0.1) is 0 Å². The van der Waals surface area contributed by atoms with E-state index in [1.165, 1.54) is 18.7 Å². The first-order valence-corrected chi connectivity index (χ1v) is 7.55. The van der Waals surface area contributed by atoms with Gasteiger partial charge in [0.1, 0.15) is 0 Å². The van der Waals surface area contributed by atoms with Crippen molar-refractivity contribution in [3.05, 3.63) is 64.7 Å². The predicted molar refractivity (Wildman–Crippen MR) is 92.0 cm³/mol. The maximum Gasteiger partial charge on any atom is 0.330 e. The molecular weight excluding hydrogens is 296 g/mol. The number of benzene rings is 2. The average Bonchev–Trinajstić information content (AvgIpc) is 2.52. The van der Waals surface area contributed by atoms with Gasteiger partial charge in [-0.3, -0.25) is 0 Å². The molecule has 0 saturated heterocycles. The van der Waals surface area contributed by atoms with Crippen LogP contribution in [0.4, 0.5) is 0 Å². The molecule has 0 amide bonds. The summed E-state index contributed by atoms with van der Waals surface area (Å²) >= 11 is 6.31. The van der Waals surface area contributed by atoms with Gasteiger partial charge >= 0.3 is 5.97 Å². The summed E-state index contributed by atoms with van der Waals surface area (Å²) in [5.74, 6) is 0.0330. The van der Waals surface area contributed by atoms with Crippen molar-refractivity contribution in [3.8, 4) is 11.1 Å². The zero-order chi connectivity index (χ0) is 16.1. The summed E-state index contributed by atoms with van der Waals surface area (Å²) in [5.41, 5.74) is 4.10. The van der Waals surface area contributed by atoms with Crippen LogP contribution >= 0.6 is 11.6 Å². The molecule has 22 heavy (non-hydrogen) atoms. The molecule has 0 unspecified atom stereocenters. The Morgan fingerprint density at radius 1 is 1.14 bits per heavy atom. The normalized spacial score (nSPS) is 11.1. The second kappa shape index (κ2) is 7.28. The fraction of sp³-hybridized carbons (Fsp3) is 0.211. The molecule has 0 bridgehead atoms. The van der Waals surface area contributed by atoms with E-state index in [1.54, 1.807) is 6.08 Å². The Morgan fingerprint density at radius 2 is 1.86 bits per heavy atom. The molecule has 3 heteroatoms. The Hall–Kier alpha value is -2.06. The molecule has 0 aliphatic carbocycles. The van der Waals surface area contributed by atoms with Crippen LogP contribution < -0.4 is 0 Å². The van der Waals surface area contributed by atoms with E-state index in [-0.39, 0.29) is 5.97 Å². The quantitative estimate of drug-likeness (QED) is 0.564. The first-order chi connectivity index (χ1) is 10.5. The maximum atomic E-state index is 11.4. The summed E-state index contributed by atoms with van der Waals surface area (Å²) in [5, 5.41) is 0.688. The number of rotatable bonds is 4. The standard InChI is InChI=1S/C19H19ClO2/c1-13(2)14-8-10-16(17-6-4-5-7-18(17)20)15(12-14)9-11-19(21)22-3/h4-13H,1-3H3/b11-9+.